The maximum atomic E-state index is 12.1. The second-order valence-electron chi connectivity index (χ2n) is 5.32. The van der Waals surface area contributed by atoms with Crippen LogP contribution in [0.15, 0.2) is 29.2 Å². The Hall–Kier alpha value is -0.910. The summed E-state index contributed by atoms with van der Waals surface area (Å²) in [5.74, 6) is 1.09. The van der Waals surface area contributed by atoms with Crippen molar-refractivity contribution < 1.29 is 13.5 Å². The Bertz CT molecular complexity index is 541. The SMILES string of the molecule is CCC(O)c1cccc(S(=O)(=O)NCC2CC2C)c1. The lowest BCUT2D eigenvalue weighted by Crippen LogP contribution is -2.26. The Morgan fingerprint density at radius 2 is 2.16 bits per heavy atom. The van der Waals surface area contributed by atoms with Crippen molar-refractivity contribution in [2.45, 2.75) is 37.7 Å². The molecule has 5 heteroatoms. The van der Waals surface area contributed by atoms with E-state index >= 15 is 0 Å². The van der Waals surface area contributed by atoms with Gasteiger partial charge in [0.05, 0.1) is 11.0 Å². The van der Waals surface area contributed by atoms with Gasteiger partial charge < -0.3 is 5.11 Å². The van der Waals surface area contributed by atoms with E-state index in [9.17, 15) is 13.5 Å². The topological polar surface area (TPSA) is 66.4 Å². The van der Waals surface area contributed by atoms with Gasteiger partial charge in [-0.05, 0) is 42.4 Å². The number of nitrogens with one attached hydrogen (secondary N) is 1. The van der Waals surface area contributed by atoms with Crippen LogP contribution in [0.25, 0.3) is 0 Å². The van der Waals surface area contributed by atoms with Crippen molar-refractivity contribution in [1.82, 2.24) is 4.72 Å². The number of benzene rings is 1. The van der Waals surface area contributed by atoms with Crippen LogP contribution in [0.5, 0.6) is 0 Å². The van der Waals surface area contributed by atoms with Gasteiger partial charge in [0.1, 0.15) is 0 Å². The van der Waals surface area contributed by atoms with E-state index in [0.717, 1.165) is 6.42 Å². The average Bonchev–Trinajstić information content (AvgIpc) is 3.12. The van der Waals surface area contributed by atoms with Gasteiger partial charge in [0, 0.05) is 6.54 Å². The van der Waals surface area contributed by atoms with E-state index in [1.807, 2.05) is 6.92 Å². The maximum absolute atomic E-state index is 12.1. The minimum absolute atomic E-state index is 0.228. The Morgan fingerprint density at radius 3 is 2.74 bits per heavy atom. The van der Waals surface area contributed by atoms with Crippen LogP contribution in [0.4, 0.5) is 0 Å². The van der Waals surface area contributed by atoms with Crippen LogP contribution >= 0.6 is 0 Å². The molecule has 0 aliphatic heterocycles. The molecule has 0 spiro atoms. The third-order valence-corrected chi connectivity index (χ3v) is 5.17. The van der Waals surface area contributed by atoms with Crippen molar-refractivity contribution in [2.75, 3.05) is 6.54 Å². The van der Waals surface area contributed by atoms with Crippen LogP contribution in [0.1, 0.15) is 38.4 Å². The van der Waals surface area contributed by atoms with E-state index in [1.54, 1.807) is 24.3 Å². The van der Waals surface area contributed by atoms with E-state index < -0.39 is 16.1 Å². The second kappa shape index (κ2) is 5.61. The van der Waals surface area contributed by atoms with E-state index in [1.165, 1.54) is 0 Å². The van der Waals surface area contributed by atoms with Crippen LogP contribution in [0, 0.1) is 11.8 Å². The molecule has 1 aliphatic rings. The molecular formula is C14H21NO3S. The molecule has 0 heterocycles. The van der Waals surface area contributed by atoms with Gasteiger partial charge in [-0.3, -0.25) is 0 Å². The zero-order valence-electron chi connectivity index (χ0n) is 11.3. The molecule has 19 heavy (non-hydrogen) atoms. The summed E-state index contributed by atoms with van der Waals surface area (Å²) in [6.07, 6.45) is 1.05. The normalized spacial score (nSPS) is 24.2. The lowest BCUT2D eigenvalue weighted by molar-refractivity contribution is 0.173. The summed E-state index contributed by atoms with van der Waals surface area (Å²) in [6, 6.07) is 6.52. The highest BCUT2D eigenvalue weighted by Gasteiger charge is 2.33. The van der Waals surface area contributed by atoms with Gasteiger partial charge in [0.2, 0.25) is 10.0 Å². The molecule has 3 unspecified atom stereocenters. The summed E-state index contributed by atoms with van der Waals surface area (Å²) in [5, 5.41) is 9.77. The van der Waals surface area contributed by atoms with E-state index in [2.05, 4.69) is 11.6 Å². The Morgan fingerprint density at radius 1 is 1.47 bits per heavy atom. The maximum Gasteiger partial charge on any atom is 0.240 e. The molecule has 1 aromatic rings. The zero-order valence-corrected chi connectivity index (χ0v) is 12.2. The van der Waals surface area contributed by atoms with Crippen LogP contribution < -0.4 is 4.72 Å². The van der Waals surface area contributed by atoms with Crippen molar-refractivity contribution in [2.24, 2.45) is 11.8 Å². The molecule has 0 bridgehead atoms. The Labute approximate surface area is 114 Å². The minimum atomic E-state index is -3.46. The molecule has 1 aromatic carbocycles. The quantitative estimate of drug-likeness (QED) is 0.840. The molecule has 3 atom stereocenters. The highest BCUT2D eigenvalue weighted by molar-refractivity contribution is 7.89. The van der Waals surface area contributed by atoms with Gasteiger partial charge >= 0.3 is 0 Å². The molecule has 0 saturated heterocycles. The first-order valence-electron chi connectivity index (χ1n) is 6.71. The lowest BCUT2D eigenvalue weighted by atomic mass is 10.1. The van der Waals surface area contributed by atoms with E-state index in [-0.39, 0.29) is 4.90 Å². The van der Waals surface area contributed by atoms with E-state index in [0.29, 0.717) is 30.4 Å². The first-order chi connectivity index (χ1) is 8.94. The fraction of sp³-hybridized carbons (Fsp3) is 0.571. The summed E-state index contributed by atoms with van der Waals surface area (Å²) >= 11 is 0. The number of hydrogen-bond donors (Lipinski definition) is 2. The smallest absolute Gasteiger partial charge is 0.240 e. The largest absolute Gasteiger partial charge is 0.388 e. The number of aliphatic hydroxyl groups is 1. The Balaban J connectivity index is 2.10. The van der Waals surface area contributed by atoms with Gasteiger partial charge in [-0.25, -0.2) is 13.1 Å². The highest BCUT2D eigenvalue weighted by Crippen LogP contribution is 2.37. The minimum Gasteiger partial charge on any atom is -0.388 e. The van der Waals surface area contributed by atoms with E-state index in [4.69, 9.17) is 0 Å². The highest BCUT2D eigenvalue weighted by atomic mass is 32.2. The molecule has 2 rings (SSSR count). The van der Waals surface area contributed by atoms with Crippen molar-refractivity contribution in [1.29, 1.82) is 0 Å². The first-order valence-corrected chi connectivity index (χ1v) is 8.20. The predicted octanol–water partition coefficient (Wildman–Crippen LogP) is 2.06. The van der Waals surface area contributed by atoms with Gasteiger partial charge in [-0.15, -0.1) is 0 Å². The molecule has 1 aliphatic carbocycles. The molecule has 0 radical (unpaired) electrons. The number of sulfonamides is 1. The third kappa shape index (κ3) is 3.55. The molecule has 106 valence electrons. The fourth-order valence-corrected chi connectivity index (χ4v) is 3.26. The van der Waals surface area contributed by atoms with Crippen LogP contribution in [-0.4, -0.2) is 20.1 Å². The predicted molar refractivity (Wildman–Crippen MR) is 74.2 cm³/mol. The summed E-state index contributed by atoms with van der Waals surface area (Å²) < 4.78 is 26.9. The van der Waals surface area contributed by atoms with Crippen LogP contribution in [0.2, 0.25) is 0 Å². The fourth-order valence-electron chi connectivity index (χ4n) is 2.11. The summed E-state index contributed by atoms with van der Waals surface area (Å²) in [7, 11) is -3.46. The van der Waals surface area contributed by atoms with Crippen molar-refractivity contribution >= 4 is 10.0 Å². The number of hydrogen-bond acceptors (Lipinski definition) is 3. The summed E-state index contributed by atoms with van der Waals surface area (Å²) in [6.45, 7) is 4.49. The molecule has 2 N–H and O–H groups in total. The monoisotopic (exact) mass is 283 g/mol. The van der Waals surface area contributed by atoms with Crippen LogP contribution in [-0.2, 0) is 10.0 Å². The van der Waals surface area contributed by atoms with Crippen LogP contribution in [0.3, 0.4) is 0 Å². The van der Waals surface area contributed by atoms with Gasteiger partial charge in [-0.1, -0.05) is 26.0 Å². The molecule has 1 fully saturated rings. The Kier molecular flexibility index (Phi) is 4.28. The summed E-state index contributed by atoms with van der Waals surface area (Å²) in [4.78, 5) is 0.228. The summed E-state index contributed by atoms with van der Waals surface area (Å²) in [5.41, 5.74) is 0.644. The molecular weight excluding hydrogens is 262 g/mol. The average molecular weight is 283 g/mol. The van der Waals surface area contributed by atoms with Gasteiger partial charge in [-0.2, -0.15) is 0 Å². The lowest BCUT2D eigenvalue weighted by Gasteiger charge is -2.11. The molecule has 0 amide bonds. The second-order valence-corrected chi connectivity index (χ2v) is 7.09. The first kappa shape index (κ1) is 14.5. The van der Waals surface area contributed by atoms with Crippen molar-refractivity contribution in [3.8, 4) is 0 Å². The number of aliphatic hydroxyl groups excluding tert-OH is 1. The standard InChI is InChI=1S/C14H21NO3S/c1-3-14(16)11-5-4-6-13(8-11)19(17,18)15-9-12-7-10(12)2/h4-6,8,10,12,14-16H,3,7,9H2,1-2H3. The van der Waals surface area contributed by atoms with Crippen molar-refractivity contribution in [3.63, 3.8) is 0 Å². The van der Waals surface area contributed by atoms with Crippen molar-refractivity contribution in [3.05, 3.63) is 29.8 Å². The van der Waals surface area contributed by atoms with Gasteiger partial charge in [0.15, 0.2) is 0 Å². The molecule has 1 saturated carbocycles. The number of rotatable bonds is 6. The molecule has 4 nitrogen and oxygen atoms in total. The third-order valence-electron chi connectivity index (χ3n) is 3.75. The zero-order chi connectivity index (χ0) is 14.0. The molecule has 0 aromatic heterocycles. The van der Waals surface area contributed by atoms with Gasteiger partial charge in [0.25, 0.3) is 0 Å².